The van der Waals surface area contributed by atoms with Crippen molar-refractivity contribution in [1.29, 1.82) is 0 Å². The van der Waals surface area contributed by atoms with Gasteiger partial charge in [0.2, 0.25) is 46.0 Å². The van der Waals surface area contributed by atoms with E-state index in [0.29, 0.717) is 97.8 Å². The molecule has 6 atom stereocenters. The minimum atomic E-state index is -3.79. The van der Waals surface area contributed by atoms with Gasteiger partial charge in [-0.2, -0.15) is 0 Å². The highest BCUT2D eigenvalue weighted by Gasteiger charge is 2.45. The third kappa shape index (κ3) is 21.3. The van der Waals surface area contributed by atoms with E-state index >= 15 is 0 Å². The molecule has 6 aliphatic rings. The fourth-order valence-electron chi connectivity index (χ4n) is 16.8. The largest absolute Gasteiger partial charge is 0.313 e. The van der Waals surface area contributed by atoms with Crippen LogP contribution in [0.3, 0.4) is 0 Å². The number of hydrogen-bond donors (Lipinski definition) is 3. The molecule has 6 unspecified atom stereocenters. The molecule has 7 aromatic carbocycles. The van der Waals surface area contributed by atoms with Gasteiger partial charge in [0.25, 0.3) is 10.0 Å². The first kappa shape index (κ1) is 84.9. The van der Waals surface area contributed by atoms with Crippen LogP contribution < -0.4 is 27.7 Å². The second-order valence-corrected chi connectivity index (χ2v) is 41.1. The van der Waals surface area contributed by atoms with Crippen LogP contribution in [0.4, 0.5) is 17.1 Å². The normalized spacial score (nSPS) is 22.2. The number of amides is 1. The van der Waals surface area contributed by atoms with Gasteiger partial charge in [-0.15, -0.1) is 0 Å². The van der Waals surface area contributed by atoms with Gasteiger partial charge in [-0.05, 0) is 246 Å². The van der Waals surface area contributed by atoms with Gasteiger partial charge in [0.05, 0.1) is 37.2 Å². The topological polar surface area (TPSA) is 243 Å². The van der Waals surface area contributed by atoms with Crippen LogP contribution in [-0.2, 0) is 54.9 Å². The van der Waals surface area contributed by atoms with E-state index in [9.17, 15) is 46.9 Å². The lowest BCUT2D eigenvalue weighted by molar-refractivity contribution is -0.116. The molecular weight excluding hydrogens is 1550 g/mol. The van der Waals surface area contributed by atoms with Gasteiger partial charge in [0, 0.05) is 121 Å². The molecule has 0 radical (unpaired) electrons. The number of hydrogen-bond acceptors (Lipinski definition) is 14. The molecule has 0 saturated carbocycles. The average Bonchev–Trinajstić information content (AvgIpc) is 1.37. The lowest BCUT2D eigenvalue weighted by Gasteiger charge is -2.39. The Morgan fingerprint density at radius 1 is 0.373 bits per heavy atom. The summed E-state index contributed by atoms with van der Waals surface area (Å²) in [7, 11) is -17.9. The number of carbonyl (C=O) groups excluding carboxylic acids is 1. The highest BCUT2D eigenvalue weighted by molar-refractivity contribution is 7.93. The van der Waals surface area contributed by atoms with Crippen molar-refractivity contribution in [3.63, 3.8) is 0 Å². The van der Waals surface area contributed by atoms with Crippen LogP contribution in [0.5, 0.6) is 0 Å². The van der Waals surface area contributed by atoms with Crippen LogP contribution in [0.15, 0.2) is 171 Å². The Labute approximate surface area is 668 Å². The molecule has 1 amide bonds. The summed E-state index contributed by atoms with van der Waals surface area (Å²) in [5, 5.41) is 1.74. The molecule has 0 aromatic heterocycles. The second kappa shape index (κ2) is 36.2. The van der Waals surface area contributed by atoms with E-state index in [0.717, 1.165) is 148 Å². The van der Waals surface area contributed by atoms with E-state index in [2.05, 4.69) is 28.9 Å². The Bertz CT molecular complexity index is 4930. The monoisotopic (exact) mass is 1660 g/mol. The van der Waals surface area contributed by atoms with Crippen LogP contribution in [0.25, 0.3) is 0 Å². The molecule has 0 aliphatic carbocycles. The summed E-state index contributed by atoms with van der Waals surface area (Å²) < 4.78 is 142. The Morgan fingerprint density at radius 3 is 0.927 bits per heavy atom. The zero-order valence-electron chi connectivity index (χ0n) is 64.3. The molecule has 28 heteroatoms. The molecule has 0 spiro atoms. The second-order valence-electron chi connectivity index (χ2n) is 30.9. The maximum atomic E-state index is 13.8. The summed E-state index contributed by atoms with van der Waals surface area (Å²) in [6, 6.07) is 45.9. The number of nitrogens with zero attached hydrogens (tertiary/aromatic N) is 6. The average molecular weight is 1660 g/mol. The van der Waals surface area contributed by atoms with Crippen LogP contribution in [0.1, 0.15) is 142 Å². The van der Waals surface area contributed by atoms with E-state index in [1.807, 2.05) is 133 Å². The first-order chi connectivity index (χ1) is 52.0. The quantitative estimate of drug-likeness (QED) is 0.0434. The Kier molecular flexibility index (Phi) is 27.9. The number of carbonyl (C=O) groups is 1. The lowest BCUT2D eigenvalue weighted by atomic mass is 9.98. The number of halogens is 3. The number of anilines is 3. The molecule has 6 saturated heterocycles. The number of benzene rings is 7. The lowest BCUT2D eigenvalue weighted by Crippen LogP contribution is -2.50. The van der Waals surface area contributed by atoms with Crippen molar-refractivity contribution in [3.8, 4) is 0 Å². The number of fused-ring (bicyclic) bond motifs is 6. The molecule has 6 bridgehead atoms. The third-order valence-electron chi connectivity index (χ3n) is 22.7. The molecule has 6 aliphatic heterocycles. The molecule has 6 heterocycles. The summed E-state index contributed by atoms with van der Waals surface area (Å²) in [4.78, 5) is 22.7. The number of piperidine rings is 3. The third-order valence-corrected chi connectivity index (χ3v) is 31.6. The summed E-state index contributed by atoms with van der Waals surface area (Å²) in [5.74, 6) is 0.00659. The fourth-order valence-corrected chi connectivity index (χ4v) is 23.6. The molecule has 7 aromatic rings. The van der Waals surface area contributed by atoms with E-state index < -0.39 is 50.1 Å². The van der Waals surface area contributed by atoms with Gasteiger partial charge in [-0.25, -0.2) is 56.3 Å². The predicted octanol–water partition coefficient (Wildman–Crippen LogP) is 14.6. The zero-order valence-corrected chi connectivity index (χ0v) is 70.7. The summed E-state index contributed by atoms with van der Waals surface area (Å²) in [6.07, 6.45) is 14.4. The Hall–Kier alpha value is -6.01. The Morgan fingerprint density at radius 2 is 0.636 bits per heavy atom. The number of nitrogens with one attached hydrogen (secondary N) is 3. The van der Waals surface area contributed by atoms with Crippen LogP contribution in [0, 0.1) is 48.5 Å². The van der Waals surface area contributed by atoms with Gasteiger partial charge in [-0.3, -0.25) is 28.1 Å². The van der Waals surface area contributed by atoms with E-state index in [-0.39, 0.29) is 41.0 Å². The van der Waals surface area contributed by atoms with Crippen LogP contribution in [0.2, 0.25) is 15.1 Å². The molecule has 110 heavy (non-hydrogen) atoms. The molecule has 6 fully saturated rings. The number of sulfonamides is 5. The molecule has 596 valence electrons. The first-order valence-corrected chi connectivity index (χ1v) is 47.1. The maximum Gasteiger partial charge on any atom is 0.264 e. The fraction of sp³-hybridized carbons (Fsp3) is 0.476. The van der Waals surface area contributed by atoms with Crippen molar-refractivity contribution in [1.82, 2.24) is 28.9 Å². The summed E-state index contributed by atoms with van der Waals surface area (Å²) in [6.45, 7) is 18.8. The summed E-state index contributed by atoms with van der Waals surface area (Å²) >= 11 is 18.9. The molecule has 13 rings (SSSR count). The van der Waals surface area contributed by atoms with Gasteiger partial charge >= 0.3 is 0 Å². The molecular formula is C82H106Cl3N9O11S5. The molecule has 3 N–H and O–H groups in total. The number of rotatable bonds is 27. The number of aryl methyl sites for hydroxylation is 7. The van der Waals surface area contributed by atoms with E-state index in [4.69, 9.17) is 34.8 Å². The summed E-state index contributed by atoms with van der Waals surface area (Å²) in [5.41, 5.74) is 8.82. The van der Waals surface area contributed by atoms with Gasteiger partial charge in [-0.1, -0.05) is 124 Å². The first-order valence-electron chi connectivity index (χ1n) is 38.2. The predicted molar refractivity (Wildman–Crippen MR) is 442 cm³/mol. The van der Waals surface area contributed by atoms with Gasteiger partial charge < -0.3 is 4.90 Å². The highest BCUT2D eigenvalue weighted by Crippen LogP contribution is 2.41. The zero-order chi connectivity index (χ0) is 79.2. The minimum absolute atomic E-state index is 0.00659. The maximum absolute atomic E-state index is 13.8. The highest BCUT2D eigenvalue weighted by atomic mass is 35.5. The van der Waals surface area contributed by atoms with Crippen molar-refractivity contribution in [2.24, 2.45) is 0 Å². The van der Waals surface area contributed by atoms with Crippen LogP contribution in [-0.4, -0.2) is 163 Å². The SMILES string of the molecule is CC(=O)N(CCCN1C2CCC1CC(NS(=O)(=O)c1ccc(C)cc1)C2)c1ccc(C)c(Cl)c1.Cc1ccc(S(=O)(=O)NC2CC3CCC(C2)N3CCCN(c2ccc(C)c(Cl)c2)S(=O)(=O)c2ccc(C)cc2)cc1.Cc1ccc(S(=O)(=O)NC2CC3CCC(C2)N3CCCN(c2ccc(C)c(Cl)c2)S(C)(=O)=O)cc1. The van der Waals surface area contributed by atoms with E-state index in [1.165, 1.54) is 14.9 Å². The van der Waals surface area contributed by atoms with Crippen molar-refractivity contribution in [3.05, 3.63) is 206 Å². The van der Waals surface area contributed by atoms with Crippen LogP contribution >= 0.6 is 34.8 Å². The van der Waals surface area contributed by atoms with Crippen molar-refractivity contribution < 1.29 is 46.9 Å². The van der Waals surface area contributed by atoms with Crippen molar-refractivity contribution in [2.45, 2.75) is 226 Å². The smallest absolute Gasteiger partial charge is 0.264 e. The van der Waals surface area contributed by atoms with Crippen molar-refractivity contribution in [2.75, 3.05) is 59.0 Å². The minimum Gasteiger partial charge on any atom is -0.313 e. The standard InChI is InChI=1S/C31H38ClN3O4S2.C26H34ClN3O3S.C25H34ClN3O4S2/c1-22-5-13-29(14-6-22)40(36,37)33-25-19-26-11-12-27(20-25)34(26)17-4-18-35(28-10-9-24(3)31(32)21-28)41(38,39)30-15-7-23(2)8-16-30;1-18-5-11-25(12-6-18)34(32,33)28-21-15-22-9-10-23(16-21)30(22)14-4-13-29(20(3)31)24-8-7-19(2)26(27)17-24;1-18-5-11-24(12-6-18)35(32,33)27-20-15-21-9-10-22(16-20)28(21)13-4-14-29(34(3,30)31)23-8-7-19(2)25(26)17-23/h5-10,13-16,21,25-27,33H,4,11-12,17-20H2,1-3H3;5-8,11-12,17,21-23,28H,4,9-10,13-16H2,1-3H3;5-8,11-12,17,20-22,27H,4,9-10,13-16H2,1-3H3. The van der Waals surface area contributed by atoms with Crippen molar-refractivity contribution >= 4 is 108 Å². The molecule has 20 nitrogen and oxygen atoms in total. The Balaban J connectivity index is 0.000000165. The van der Waals surface area contributed by atoms with Gasteiger partial charge in [0.1, 0.15) is 0 Å². The van der Waals surface area contributed by atoms with E-state index in [1.54, 1.807) is 78.6 Å². The van der Waals surface area contributed by atoms with Gasteiger partial charge in [0.15, 0.2) is 0 Å².